The normalized spacial score (nSPS) is 18.1. The highest BCUT2D eigenvalue weighted by Crippen LogP contribution is 2.25. The summed E-state index contributed by atoms with van der Waals surface area (Å²) in [5, 5.41) is 10.8. The van der Waals surface area contributed by atoms with Gasteiger partial charge >= 0.3 is 0 Å². The molecule has 4 heteroatoms. The lowest BCUT2D eigenvalue weighted by Gasteiger charge is -2.20. The third-order valence-electron chi connectivity index (χ3n) is 5.16. The molecule has 1 aliphatic rings. The first-order valence-corrected chi connectivity index (χ1v) is 9.33. The molecule has 128 valence electrons. The molecule has 3 nitrogen and oxygen atoms in total. The van der Waals surface area contributed by atoms with Gasteiger partial charge in [0.1, 0.15) is 0 Å². The van der Waals surface area contributed by atoms with E-state index in [0.717, 1.165) is 45.7 Å². The zero-order valence-electron chi connectivity index (χ0n) is 14.5. The van der Waals surface area contributed by atoms with E-state index in [1.54, 1.807) is 0 Å². The van der Waals surface area contributed by atoms with Gasteiger partial charge in [-0.05, 0) is 61.7 Å². The van der Waals surface area contributed by atoms with Crippen LogP contribution in [0.1, 0.15) is 25.5 Å². The molecule has 0 saturated carbocycles. The maximum Gasteiger partial charge on any atom is 0.0936 e. The van der Waals surface area contributed by atoms with E-state index in [1.165, 1.54) is 19.4 Å². The van der Waals surface area contributed by atoms with Gasteiger partial charge in [0, 0.05) is 29.4 Å². The van der Waals surface area contributed by atoms with E-state index in [1.807, 2.05) is 24.3 Å². The predicted octanol–water partition coefficient (Wildman–Crippen LogP) is 4.98. The zero-order chi connectivity index (χ0) is 17.2. The quantitative estimate of drug-likeness (QED) is 0.664. The fourth-order valence-corrected chi connectivity index (χ4v) is 3.73. The van der Waals surface area contributed by atoms with Crippen molar-refractivity contribution in [1.82, 2.24) is 15.1 Å². The Labute approximate surface area is 153 Å². The Kier molecular flexibility index (Phi) is 4.69. The molecule has 2 aromatic carbocycles. The molecule has 1 aromatic heterocycles. The fourth-order valence-electron chi connectivity index (χ4n) is 3.61. The van der Waals surface area contributed by atoms with Crippen molar-refractivity contribution in [3.05, 3.63) is 59.2 Å². The summed E-state index contributed by atoms with van der Waals surface area (Å²) >= 11 is 5.97. The van der Waals surface area contributed by atoms with Crippen LogP contribution in [-0.2, 0) is 6.42 Å². The SMILES string of the molecule is C[C@@H]1CCCN1CCc1cc2ccc(-c3ccc(Cl)cc3)cc2nn1. The molecule has 0 aliphatic carbocycles. The van der Waals surface area contributed by atoms with E-state index in [4.69, 9.17) is 11.6 Å². The molecule has 1 aliphatic heterocycles. The number of hydrogen-bond acceptors (Lipinski definition) is 3. The molecule has 3 aromatic rings. The number of benzene rings is 2. The van der Waals surface area contributed by atoms with E-state index in [0.29, 0.717) is 6.04 Å². The van der Waals surface area contributed by atoms with Gasteiger partial charge in [0.05, 0.1) is 11.2 Å². The van der Waals surface area contributed by atoms with Crippen LogP contribution in [0, 0.1) is 0 Å². The summed E-state index contributed by atoms with van der Waals surface area (Å²) in [6.07, 6.45) is 3.60. The van der Waals surface area contributed by atoms with Gasteiger partial charge in [-0.3, -0.25) is 0 Å². The molecular weight excluding hydrogens is 330 g/mol. The second-order valence-electron chi connectivity index (χ2n) is 6.89. The van der Waals surface area contributed by atoms with Gasteiger partial charge in [-0.15, -0.1) is 0 Å². The molecule has 0 N–H and O–H groups in total. The van der Waals surface area contributed by atoms with Gasteiger partial charge in [0.2, 0.25) is 0 Å². The van der Waals surface area contributed by atoms with Crippen LogP contribution in [0.2, 0.25) is 5.02 Å². The van der Waals surface area contributed by atoms with Crippen LogP contribution in [-0.4, -0.2) is 34.2 Å². The largest absolute Gasteiger partial charge is 0.300 e. The number of fused-ring (bicyclic) bond motifs is 1. The average Bonchev–Trinajstić information content (AvgIpc) is 3.05. The van der Waals surface area contributed by atoms with Crippen molar-refractivity contribution in [2.45, 2.75) is 32.2 Å². The second-order valence-corrected chi connectivity index (χ2v) is 7.33. The van der Waals surface area contributed by atoms with Crippen LogP contribution in [0.15, 0.2) is 48.5 Å². The standard InChI is InChI=1S/C21H22ClN3/c1-15-3-2-11-25(15)12-10-20-13-18-5-4-17(14-21(18)24-23-20)16-6-8-19(22)9-7-16/h4-9,13-15H,2-3,10-12H2,1H3/t15-/m1/s1. The third-order valence-corrected chi connectivity index (χ3v) is 5.41. The van der Waals surface area contributed by atoms with Gasteiger partial charge < -0.3 is 4.90 Å². The Morgan fingerprint density at radius 1 is 1.04 bits per heavy atom. The Balaban J connectivity index is 1.53. The van der Waals surface area contributed by atoms with Gasteiger partial charge in [-0.2, -0.15) is 10.2 Å². The summed E-state index contributed by atoms with van der Waals surface area (Å²) in [5.74, 6) is 0. The van der Waals surface area contributed by atoms with Crippen LogP contribution in [0.25, 0.3) is 22.0 Å². The molecule has 4 rings (SSSR count). The number of aromatic nitrogens is 2. The van der Waals surface area contributed by atoms with Crippen molar-refractivity contribution < 1.29 is 0 Å². The molecule has 0 radical (unpaired) electrons. The number of likely N-dealkylation sites (tertiary alicyclic amines) is 1. The lowest BCUT2D eigenvalue weighted by Crippen LogP contribution is -2.29. The Hall–Kier alpha value is -1.97. The van der Waals surface area contributed by atoms with Gasteiger partial charge in [-0.25, -0.2) is 0 Å². The molecule has 0 amide bonds. The number of halogens is 1. The minimum Gasteiger partial charge on any atom is -0.300 e. The van der Waals surface area contributed by atoms with Gasteiger partial charge in [0.15, 0.2) is 0 Å². The average molecular weight is 352 g/mol. The highest BCUT2D eigenvalue weighted by Gasteiger charge is 2.19. The van der Waals surface area contributed by atoms with Crippen molar-refractivity contribution >= 4 is 22.5 Å². The van der Waals surface area contributed by atoms with Crippen molar-refractivity contribution in [3.63, 3.8) is 0 Å². The number of rotatable bonds is 4. The monoisotopic (exact) mass is 351 g/mol. The minimum atomic E-state index is 0.704. The van der Waals surface area contributed by atoms with E-state index >= 15 is 0 Å². The van der Waals surface area contributed by atoms with Crippen LogP contribution in [0.4, 0.5) is 0 Å². The van der Waals surface area contributed by atoms with E-state index < -0.39 is 0 Å². The third kappa shape index (κ3) is 3.68. The fraction of sp³-hybridized carbons (Fsp3) is 0.333. The lowest BCUT2D eigenvalue weighted by atomic mass is 10.0. The summed E-state index contributed by atoms with van der Waals surface area (Å²) in [6, 6.07) is 17.1. The first-order valence-electron chi connectivity index (χ1n) is 8.95. The van der Waals surface area contributed by atoms with Crippen molar-refractivity contribution in [1.29, 1.82) is 0 Å². The number of nitrogens with zero attached hydrogens (tertiary/aromatic N) is 3. The molecule has 0 bridgehead atoms. The van der Waals surface area contributed by atoms with E-state index in [9.17, 15) is 0 Å². The molecule has 1 saturated heterocycles. The summed E-state index contributed by atoms with van der Waals surface area (Å²) < 4.78 is 0. The topological polar surface area (TPSA) is 29.0 Å². The smallest absolute Gasteiger partial charge is 0.0936 e. The maximum absolute atomic E-state index is 5.97. The molecule has 1 fully saturated rings. The zero-order valence-corrected chi connectivity index (χ0v) is 15.2. The van der Waals surface area contributed by atoms with Crippen LogP contribution in [0.3, 0.4) is 0 Å². The highest BCUT2D eigenvalue weighted by molar-refractivity contribution is 6.30. The molecule has 25 heavy (non-hydrogen) atoms. The summed E-state index contributed by atoms with van der Waals surface area (Å²) in [7, 11) is 0. The van der Waals surface area contributed by atoms with Crippen LogP contribution in [0.5, 0.6) is 0 Å². The summed E-state index contributed by atoms with van der Waals surface area (Å²) in [4.78, 5) is 2.55. The lowest BCUT2D eigenvalue weighted by molar-refractivity contribution is 0.271. The van der Waals surface area contributed by atoms with Gasteiger partial charge in [-0.1, -0.05) is 35.9 Å². The molecular formula is C21H22ClN3. The highest BCUT2D eigenvalue weighted by atomic mass is 35.5. The summed E-state index contributed by atoms with van der Waals surface area (Å²) in [6.45, 7) is 4.61. The van der Waals surface area contributed by atoms with Crippen LogP contribution < -0.4 is 0 Å². The summed E-state index contributed by atoms with van der Waals surface area (Å²) in [5.41, 5.74) is 4.29. The molecule has 0 spiro atoms. The minimum absolute atomic E-state index is 0.704. The van der Waals surface area contributed by atoms with E-state index in [2.05, 4.69) is 46.3 Å². The molecule has 1 atom stereocenters. The maximum atomic E-state index is 5.97. The number of hydrogen-bond donors (Lipinski definition) is 0. The first kappa shape index (κ1) is 16.5. The van der Waals surface area contributed by atoms with Crippen molar-refractivity contribution in [3.8, 4) is 11.1 Å². The Bertz CT molecular complexity index is 876. The van der Waals surface area contributed by atoms with Crippen molar-refractivity contribution in [2.75, 3.05) is 13.1 Å². The Morgan fingerprint density at radius 3 is 2.60 bits per heavy atom. The van der Waals surface area contributed by atoms with Gasteiger partial charge in [0.25, 0.3) is 0 Å². The van der Waals surface area contributed by atoms with Crippen LogP contribution >= 0.6 is 11.6 Å². The van der Waals surface area contributed by atoms with Crippen molar-refractivity contribution in [2.24, 2.45) is 0 Å². The second kappa shape index (κ2) is 7.11. The first-order chi connectivity index (χ1) is 12.2. The predicted molar refractivity (Wildman–Crippen MR) is 104 cm³/mol. The van der Waals surface area contributed by atoms with E-state index in [-0.39, 0.29) is 0 Å². The molecule has 0 unspecified atom stereocenters. The molecule has 2 heterocycles. The Morgan fingerprint density at radius 2 is 1.84 bits per heavy atom.